The maximum atomic E-state index is 12.1. The molecule has 0 heterocycles. The molecule has 0 bridgehead atoms. The van der Waals surface area contributed by atoms with Crippen LogP contribution in [0.5, 0.6) is 0 Å². The van der Waals surface area contributed by atoms with Crippen molar-refractivity contribution >= 4 is 28.1 Å². The molecular weight excluding hydrogens is 346 g/mol. The summed E-state index contributed by atoms with van der Waals surface area (Å²) in [6.07, 6.45) is 0. The van der Waals surface area contributed by atoms with E-state index in [2.05, 4.69) is 60.9 Å². The smallest absolute Gasteiger partial charge is 0.259 e. The molecule has 3 aromatic carbocycles. The highest BCUT2D eigenvalue weighted by Crippen LogP contribution is 2.22. The second kappa shape index (κ2) is 8.26. The standard InChI is InChI=1S/C24H27N3O/c1-17(18-9-12-21(13-10-18)24(2,3)4)26-27-23(28)16-25-22-14-11-19-7-5-6-8-20(19)15-22/h5-15,25H,16H2,1-4H3,(H,27,28)/b26-17+. The van der Waals surface area contributed by atoms with E-state index in [4.69, 9.17) is 0 Å². The number of hydrazone groups is 1. The molecular formula is C24H27N3O. The van der Waals surface area contributed by atoms with Gasteiger partial charge in [0.2, 0.25) is 0 Å². The van der Waals surface area contributed by atoms with Crippen LogP contribution in [0.1, 0.15) is 38.8 Å². The molecule has 144 valence electrons. The monoisotopic (exact) mass is 373 g/mol. The highest BCUT2D eigenvalue weighted by molar-refractivity contribution is 5.99. The van der Waals surface area contributed by atoms with E-state index < -0.39 is 0 Å². The molecule has 0 unspecified atom stereocenters. The number of anilines is 1. The topological polar surface area (TPSA) is 53.5 Å². The first kappa shape index (κ1) is 19.6. The Kier molecular flexibility index (Phi) is 5.78. The van der Waals surface area contributed by atoms with E-state index in [1.54, 1.807) is 0 Å². The number of hydrogen-bond donors (Lipinski definition) is 2. The molecule has 0 saturated carbocycles. The van der Waals surface area contributed by atoms with Crippen molar-refractivity contribution in [3.05, 3.63) is 77.9 Å². The summed E-state index contributed by atoms with van der Waals surface area (Å²) >= 11 is 0. The summed E-state index contributed by atoms with van der Waals surface area (Å²) in [7, 11) is 0. The fourth-order valence-electron chi connectivity index (χ4n) is 2.94. The molecule has 0 spiro atoms. The highest BCUT2D eigenvalue weighted by atomic mass is 16.2. The largest absolute Gasteiger partial charge is 0.376 e. The Hall–Kier alpha value is -3.14. The lowest BCUT2D eigenvalue weighted by Crippen LogP contribution is -2.26. The summed E-state index contributed by atoms with van der Waals surface area (Å²) in [5.41, 5.74) is 6.69. The minimum atomic E-state index is -0.182. The normalized spacial score (nSPS) is 12.1. The van der Waals surface area contributed by atoms with Gasteiger partial charge in [-0.15, -0.1) is 0 Å². The molecule has 1 amide bonds. The van der Waals surface area contributed by atoms with Crippen molar-refractivity contribution in [1.29, 1.82) is 0 Å². The Labute approximate surface area is 166 Å². The number of nitrogens with one attached hydrogen (secondary N) is 2. The van der Waals surface area contributed by atoms with Crippen molar-refractivity contribution < 1.29 is 4.79 Å². The van der Waals surface area contributed by atoms with E-state index in [9.17, 15) is 4.79 Å². The maximum Gasteiger partial charge on any atom is 0.259 e. The first-order valence-corrected chi connectivity index (χ1v) is 9.50. The van der Waals surface area contributed by atoms with Crippen molar-refractivity contribution in [3.63, 3.8) is 0 Å². The van der Waals surface area contributed by atoms with Gasteiger partial charge in [-0.05, 0) is 46.4 Å². The van der Waals surface area contributed by atoms with Gasteiger partial charge in [-0.3, -0.25) is 4.79 Å². The van der Waals surface area contributed by atoms with Gasteiger partial charge in [0.05, 0.1) is 12.3 Å². The highest BCUT2D eigenvalue weighted by Gasteiger charge is 2.13. The lowest BCUT2D eigenvalue weighted by Gasteiger charge is -2.19. The molecule has 0 aliphatic rings. The molecule has 3 aromatic rings. The van der Waals surface area contributed by atoms with Gasteiger partial charge in [0.15, 0.2) is 0 Å². The van der Waals surface area contributed by atoms with E-state index in [1.807, 2.05) is 49.4 Å². The van der Waals surface area contributed by atoms with E-state index in [-0.39, 0.29) is 17.9 Å². The van der Waals surface area contributed by atoms with Crippen LogP contribution in [-0.2, 0) is 10.2 Å². The zero-order valence-corrected chi connectivity index (χ0v) is 16.9. The molecule has 0 aliphatic heterocycles. The van der Waals surface area contributed by atoms with Crippen molar-refractivity contribution in [1.82, 2.24) is 5.43 Å². The molecule has 0 saturated heterocycles. The molecule has 0 atom stereocenters. The van der Waals surface area contributed by atoms with Gasteiger partial charge in [0.25, 0.3) is 5.91 Å². The quantitative estimate of drug-likeness (QED) is 0.483. The first-order chi connectivity index (χ1) is 13.3. The minimum absolute atomic E-state index is 0.117. The summed E-state index contributed by atoms with van der Waals surface area (Å²) < 4.78 is 0. The van der Waals surface area contributed by atoms with Gasteiger partial charge < -0.3 is 5.32 Å². The molecule has 0 aromatic heterocycles. The van der Waals surface area contributed by atoms with E-state index in [0.29, 0.717) is 0 Å². The summed E-state index contributed by atoms with van der Waals surface area (Å²) in [5.74, 6) is -0.182. The summed E-state index contributed by atoms with van der Waals surface area (Å²) in [4.78, 5) is 12.1. The Bertz CT molecular complexity index is 998. The van der Waals surface area contributed by atoms with E-state index in [0.717, 1.165) is 22.3 Å². The number of benzene rings is 3. The van der Waals surface area contributed by atoms with Gasteiger partial charge in [-0.1, -0.05) is 75.4 Å². The van der Waals surface area contributed by atoms with Crippen LogP contribution in [0.2, 0.25) is 0 Å². The molecule has 0 radical (unpaired) electrons. The molecule has 0 fully saturated rings. The van der Waals surface area contributed by atoms with Crippen LogP contribution in [0.25, 0.3) is 10.8 Å². The fourth-order valence-corrected chi connectivity index (χ4v) is 2.94. The zero-order chi connectivity index (χ0) is 20.1. The van der Waals surface area contributed by atoms with Crippen LogP contribution < -0.4 is 10.7 Å². The minimum Gasteiger partial charge on any atom is -0.376 e. The maximum absolute atomic E-state index is 12.1. The van der Waals surface area contributed by atoms with E-state index in [1.165, 1.54) is 10.9 Å². The third kappa shape index (κ3) is 4.97. The SMILES string of the molecule is C/C(=N\NC(=O)CNc1ccc2ccccc2c1)c1ccc(C(C)(C)C)cc1. The number of rotatable bonds is 5. The number of nitrogens with zero attached hydrogens (tertiary/aromatic N) is 1. The molecule has 2 N–H and O–H groups in total. The average Bonchev–Trinajstić information content (AvgIpc) is 2.69. The van der Waals surface area contributed by atoms with Gasteiger partial charge in [0.1, 0.15) is 0 Å². The number of carbonyl (C=O) groups is 1. The molecule has 4 heteroatoms. The molecule has 28 heavy (non-hydrogen) atoms. The Balaban J connectivity index is 1.56. The third-order valence-electron chi connectivity index (χ3n) is 4.72. The predicted molar refractivity (Wildman–Crippen MR) is 118 cm³/mol. The van der Waals surface area contributed by atoms with Crippen molar-refractivity contribution in [2.45, 2.75) is 33.1 Å². The third-order valence-corrected chi connectivity index (χ3v) is 4.72. The second-order valence-electron chi connectivity index (χ2n) is 7.98. The van der Waals surface area contributed by atoms with Gasteiger partial charge in [-0.2, -0.15) is 5.10 Å². The number of amides is 1. The van der Waals surface area contributed by atoms with Crippen LogP contribution >= 0.6 is 0 Å². The van der Waals surface area contributed by atoms with Crippen molar-refractivity contribution in [3.8, 4) is 0 Å². The molecule has 0 aliphatic carbocycles. The number of fused-ring (bicyclic) bond motifs is 1. The van der Waals surface area contributed by atoms with Gasteiger partial charge in [-0.25, -0.2) is 5.43 Å². The molecule has 4 nitrogen and oxygen atoms in total. The van der Waals surface area contributed by atoms with E-state index >= 15 is 0 Å². The summed E-state index contributed by atoms with van der Waals surface area (Å²) in [6.45, 7) is 8.62. The Morgan fingerprint density at radius 2 is 1.61 bits per heavy atom. The van der Waals surface area contributed by atoms with Crippen LogP contribution in [-0.4, -0.2) is 18.2 Å². The lowest BCUT2D eigenvalue weighted by molar-refractivity contribution is -0.119. The lowest BCUT2D eigenvalue weighted by atomic mass is 9.86. The van der Waals surface area contributed by atoms with Crippen molar-refractivity contribution in [2.24, 2.45) is 5.10 Å². The number of carbonyl (C=O) groups excluding carboxylic acids is 1. The molecule has 3 rings (SSSR count). The van der Waals surface area contributed by atoms with Gasteiger partial charge in [0, 0.05) is 5.69 Å². The predicted octanol–water partition coefficient (Wildman–Crippen LogP) is 5.09. The number of hydrogen-bond acceptors (Lipinski definition) is 3. The average molecular weight is 374 g/mol. The van der Waals surface area contributed by atoms with Crippen molar-refractivity contribution in [2.75, 3.05) is 11.9 Å². The Morgan fingerprint density at radius 1 is 0.929 bits per heavy atom. The fraction of sp³-hybridized carbons (Fsp3) is 0.250. The first-order valence-electron chi connectivity index (χ1n) is 9.50. The van der Waals surface area contributed by atoms with Crippen LogP contribution in [0.15, 0.2) is 71.8 Å². The van der Waals surface area contributed by atoms with Crippen LogP contribution in [0, 0.1) is 0 Å². The van der Waals surface area contributed by atoms with Crippen LogP contribution in [0.4, 0.5) is 5.69 Å². The Morgan fingerprint density at radius 3 is 2.29 bits per heavy atom. The van der Waals surface area contributed by atoms with Gasteiger partial charge >= 0.3 is 0 Å². The second-order valence-corrected chi connectivity index (χ2v) is 7.98. The summed E-state index contributed by atoms with van der Waals surface area (Å²) in [6, 6.07) is 22.5. The zero-order valence-electron chi connectivity index (χ0n) is 16.9. The summed E-state index contributed by atoms with van der Waals surface area (Å²) in [5, 5.41) is 9.68. The van der Waals surface area contributed by atoms with Crippen LogP contribution in [0.3, 0.4) is 0 Å².